The number of nitrogens with one attached hydrogen (secondary N) is 1. The van der Waals surface area contributed by atoms with Crippen molar-refractivity contribution in [3.8, 4) is 0 Å². The minimum absolute atomic E-state index is 0.494. The van der Waals surface area contributed by atoms with Crippen LogP contribution in [0.5, 0.6) is 0 Å². The monoisotopic (exact) mass is 238 g/mol. The van der Waals surface area contributed by atoms with Crippen LogP contribution in [-0.2, 0) is 0 Å². The SMILES string of the molecule is CC(C)CCCN1CCNC2(CCCCC2)C1. The second kappa shape index (κ2) is 6.19. The van der Waals surface area contributed by atoms with Gasteiger partial charge in [-0.3, -0.25) is 0 Å². The average molecular weight is 238 g/mol. The molecule has 1 aliphatic carbocycles. The second-order valence-corrected chi connectivity index (χ2v) is 6.58. The first-order valence-electron chi connectivity index (χ1n) is 7.68. The Kier molecular flexibility index (Phi) is 4.87. The summed E-state index contributed by atoms with van der Waals surface area (Å²) in [6, 6.07) is 0. The van der Waals surface area contributed by atoms with E-state index in [1.165, 1.54) is 71.1 Å². The van der Waals surface area contributed by atoms with Gasteiger partial charge >= 0.3 is 0 Å². The van der Waals surface area contributed by atoms with Gasteiger partial charge in [-0.2, -0.15) is 0 Å². The van der Waals surface area contributed by atoms with Crippen molar-refractivity contribution in [3.63, 3.8) is 0 Å². The van der Waals surface area contributed by atoms with Crippen molar-refractivity contribution in [2.24, 2.45) is 5.92 Å². The molecule has 1 saturated carbocycles. The van der Waals surface area contributed by atoms with Crippen LogP contribution in [0.4, 0.5) is 0 Å². The van der Waals surface area contributed by atoms with E-state index in [2.05, 4.69) is 24.1 Å². The van der Waals surface area contributed by atoms with Crippen molar-refractivity contribution in [3.05, 3.63) is 0 Å². The molecule has 0 atom stereocenters. The average Bonchev–Trinajstić information content (AvgIpc) is 2.29. The van der Waals surface area contributed by atoms with E-state index in [4.69, 9.17) is 0 Å². The van der Waals surface area contributed by atoms with E-state index in [9.17, 15) is 0 Å². The van der Waals surface area contributed by atoms with Crippen LogP contribution in [0.25, 0.3) is 0 Å². The summed E-state index contributed by atoms with van der Waals surface area (Å²) in [5.41, 5.74) is 0.494. The van der Waals surface area contributed by atoms with Crippen molar-refractivity contribution < 1.29 is 0 Å². The lowest BCUT2D eigenvalue weighted by Crippen LogP contribution is -2.61. The standard InChI is InChI=1S/C15H30N2/c1-14(2)7-6-11-17-12-10-16-15(13-17)8-4-3-5-9-15/h14,16H,3-13H2,1-2H3. The molecule has 17 heavy (non-hydrogen) atoms. The summed E-state index contributed by atoms with van der Waals surface area (Å²) in [6.07, 6.45) is 9.92. The molecule has 0 unspecified atom stereocenters. The minimum atomic E-state index is 0.494. The van der Waals surface area contributed by atoms with Crippen molar-refractivity contribution in [2.45, 2.75) is 64.3 Å². The van der Waals surface area contributed by atoms with Gasteiger partial charge < -0.3 is 10.2 Å². The van der Waals surface area contributed by atoms with Crippen LogP contribution >= 0.6 is 0 Å². The third kappa shape index (κ3) is 3.96. The summed E-state index contributed by atoms with van der Waals surface area (Å²) < 4.78 is 0. The first-order chi connectivity index (χ1) is 8.20. The number of piperazine rings is 1. The van der Waals surface area contributed by atoms with Gasteiger partial charge in [0.25, 0.3) is 0 Å². The Bertz CT molecular complexity index is 213. The van der Waals surface area contributed by atoms with E-state index in [0.29, 0.717) is 5.54 Å². The van der Waals surface area contributed by atoms with E-state index in [-0.39, 0.29) is 0 Å². The van der Waals surface area contributed by atoms with E-state index in [1.54, 1.807) is 0 Å². The van der Waals surface area contributed by atoms with E-state index >= 15 is 0 Å². The van der Waals surface area contributed by atoms with Gasteiger partial charge in [-0.25, -0.2) is 0 Å². The van der Waals surface area contributed by atoms with Crippen molar-refractivity contribution in [1.82, 2.24) is 10.2 Å². The Labute approximate surface area is 107 Å². The molecule has 0 bridgehead atoms. The number of nitrogens with zero attached hydrogens (tertiary/aromatic N) is 1. The molecule has 0 aromatic heterocycles. The van der Waals surface area contributed by atoms with E-state index in [1.807, 2.05) is 0 Å². The fourth-order valence-corrected chi connectivity index (χ4v) is 3.52. The maximum atomic E-state index is 3.82. The zero-order valence-electron chi connectivity index (χ0n) is 11.8. The molecule has 2 aliphatic rings. The van der Waals surface area contributed by atoms with Gasteiger partial charge in [-0.1, -0.05) is 33.1 Å². The highest BCUT2D eigenvalue weighted by Crippen LogP contribution is 2.30. The molecule has 0 amide bonds. The van der Waals surface area contributed by atoms with Gasteiger partial charge in [0, 0.05) is 25.2 Å². The lowest BCUT2D eigenvalue weighted by molar-refractivity contribution is 0.0975. The predicted molar refractivity (Wildman–Crippen MR) is 74.3 cm³/mol. The summed E-state index contributed by atoms with van der Waals surface area (Å²) in [5, 5.41) is 3.82. The molecule has 2 nitrogen and oxygen atoms in total. The summed E-state index contributed by atoms with van der Waals surface area (Å²) in [6.45, 7) is 9.77. The molecule has 2 rings (SSSR count). The third-order valence-electron chi connectivity index (χ3n) is 4.52. The number of rotatable bonds is 4. The summed E-state index contributed by atoms with van der Waals surface area (Å²) >= 11 is 0. The molecule has 1 spiro atoms. The van der Waals surface area contributed by atoms with E-state index in [0.717, 1.165) is 5.92 Å². The van der Waals surface area contributed by atoms with Gasteiger partial charge in [0.15, 0.2) is 0 Å². The Morgan fingerprint density at radius 2 is 1.94 bits per heavy atom. The molecule has 1 aliphatic heterocycles. The first kappa shape index (κ1) is 13.4. The predicted octanol–water partition coefficient (Wildman–Crippen LogP) is 3.03. The van der Waals surface area contributed by atoms with Crippen LogP contribution < -0.4 is 5.32 Å². The molecule has 100 valence electrons. The van der Waals surface area contributed by atoms with Gasteiger partial charge in [0.1, 0.15) is 0 Å². The highest BCUT2D eigenvalue weighted by atomic mass is 15.2. The van der Waals surface area contributed by atoms with Gasteiger partial charge in [0.05, 0.1) is 0 Å². The van der Waals surface area contributed by atoms with Crippen LogP contribution in [0.2, 0.25) is 0 Å². The second-order valence-electron chi connectivity index (χ2n) is 6.58. The van der Waals surface area contributed by atoms with Crippen molar-refractivity contribution in [2.75, 3.05) is 26.2 Å². The number of hydrogen-bond acceptors (Lipinski definition) is 2. The maximum absolute atomic E-state index is 3.82. The Morgan fingerprint density at radius 3 is 2.65 bits per heavy atom. The largest absolute Gasteiger partial charge is 0.309 e. The lowest BCUT2D eigenvalue weighted by atomic mass is 9.80. The van der Waals surface area contributed by atoms with Crippen LogP contribution in [0.3, 0.4) is 0 Å². The lowest BCUT2D eigenvalue weighted by Gasteiger charge is -2.46. The molecule has 0 aromatic carbocycles. The number of hydrogen-bond donors (Lipinski definition) is 1. The third-order valence-corrected chi connectivity index (χ3v) is 4.52. The van der Waals surface area contributed by atoms with Crippen LogP contribution in [0.15, 0.2) is 0 Å². The quantitative estimate of drug-likeness (QED) is 0.810. The molecule has 2 heteroatoms. The molecule has 1 heterocycles. The highest BCUT2D eigenvalue weighted by Gasteiger charge is 2.35. The first-order valence-corrected chi connectivity index (χ1v) is 7.68. The van der Waals surface area contributed by atoms with Gasteiger partial charge in [-0.05, 0) is 38.1 Å². The van der Waals surface area contributed by atoms with Crippen LogP contribution in [0.1, 0.15) is 58.8 Å². The molecular formula is C15H30N2. The van der Waals surface area contributed by atoms with Crippen molar-refractivity contribution in [1.29, 1.82) is 0 Å². The minimum Gasteiger partial charge on any atom is -0.309 e. The molecule has 0 aromatic rings. The van der Waals surface area contributed by atoms with Crippen LogP contribution in [0, 0.1) is 5.92 Å². The zero-order chi connectivity index (χ0) is 12.1. The maximum Gasteiger partial charge on any atom is 0.0309 e. The molecule has 2 fully saturated rings. The summed E-state index contributed by atoms with van der Waals surface area (Å²) in [5.74, 6) is 0.863. The summed E-state index contributed by atoms with van der Waals surface area (Å²) in [7, 11) is 0. The Morgan fingerprint density at radius 1 is 1.18 bits per heavy atom. The van der Waals surface area contributed by atoms with Gasteiger partial charge in [-0.15, -0.1) is 0 Å². The fraction of sp³-hybridized carbons (Fsp3) is 1.00. The van der Waals surface area contributed by atoms with Gasteiger partial charge in [0.2, 0.25) is 0 Å². The Balaban J connectivity index is 1.76. The fourth-order valence-electron chi connectivity index (χ4n) is 3.52. The normalized spacial score (nSPS) is 25.6. The smallest absolute Gasteiger partial charge is 0.0309 e. The Hall–Kier alpha value is -0.0800. The van der Waals surface area contributed by atoms with E-state index < -0.39 is 0 Å². The summed E-state index contributed by atoms with van der Waals surface area (Å²) in [4.78, 5) is 2.71. The molecule has 0 radical (unpaired) electrons. The zero-order valence-corrected chi connectivity index (χ0v) is 11.8. The molecule has 1 saturated heterocycles. The topological polar surface area (TPSA) is 15.3 Å². The molecular weight excluding hydrogens is 208 g/mol. The highest BCUT2D eigenvalue weighted by molar-refractivity contribution is 4.96. The molecule has 1 N–H and O–H groups in total. The van der Waals surface area contributed by atoms with Crippen molar-refractivity contribution >= 4 is 0 Å². The van der Waals surface area contributed by atoms with Crippen LogP contribution in [-0.4, -0.2) is 36.6 Å².